The van der Waals surface area contributed by atoms with Crippen LogP contribution in [0.5, 0.6) is 23.0 Å². The molecule has 2 spiro atoms. The van der Waals surface area contributed by atoms with Crippen LogP contribution in [0.4, 0.5) is 22.7 Å². The molecule has 4 aliphatic heterocycles. The van der Waals surface area contributed by atoms with Crippen LogP contribution in [0.15, 0.2) is 171 Å². The van der Waals surface area contributed by atoms with Crippen LogP contribution >= 0.6 is 47.8 Å². The van der Waals surface area contributed by atoms with Gasteiger partial charge in [-0.1, -0.05) is 97.1 Å². The number of benzene rings is 8. The Balaban J connectivity index is 0.000000164. The summed E-state index contributed by atoms with van der Waals surface area (Å²) in [5.41, 5.74) is 10.7. The number of carbonyl (C=O) groups is 2. The molecule has 12 nitrogen and oxygen atoms in total. The molecule has 0 saturated heterocycles. The first-order chi connectivity index (χ1) is 40.7. The summed E-state index contributed by atoms with van der Waals surface area (Å²) in [6.45, 7) is 24.0. The Hall–Kier alpha value is -7.08. The van der Waals surface area contributed by atoms with Gasteiger partial charge in [-0.3, -0.25) is 0 Å². The van der Waals surface area contributed by atoms with Gasteiger partial charge in [-0.15, -0.1) is 0 Å². The summed E-state index contributed by atoms with van der Waals surface area (Å²) < 4.78 is 29.1. The molecule has 0 aromatic heterocycles. The van der Waals surface area contributed by atoms with Gasteiger partial charge < -0.3 is 48.6 Å². The average Bonchev–Trinajstić information content (AvgIpc) is 1.56. The molecule has 1 atom stereocenters. The first kappa shape index (κ1) is 60.1. The number of rotatable bonds is 14. The van der Waals surface area contributed by atoms with Gasteiger partial charge in [-0.25, -0.2) is 9.59 Å². The lowest BCUT2D eigenvalue weighted by atomic mass is 9.76. The number of anilines is 4. The minimum atomic E-state index is -1.34. The molecule has 8 aromatic rings. The maximum Gasteiger partial charge on any atom is 0.488 e. The van der Waals surface area contributed by atoms with E-state index in [9.17, 15) is 9.59 Å². The molecule has 2 N–H and O–H groups in total. The van der Waals surface area contributed by atoms with Crippen LogP contribution < -0.4 is 34.5 Å². The maximum atomic E-state index is 13.4. The summed E-state index contributed by atoms with van der Waals surface area (Å²) >= 11 is 11.6. The molecule has 0 amide bonds. The van der Waals surface area contributed by atoms with E-state index in [4.69, 9.17) is 29.0 Å². The van der Waals surface area contributed by atoms with E-state index >= 15 is 0 Å². The second kappa shape index (κ2) is 25.2. The Morgan fingerprint density at radius 1 is 0.381 bits per heavy atom. The molecule has 0 saturated carbocycles. The first-order valence-corrected chi connectivity index (χ1v) is 31.2. The van der Waals surface area contributed by atoms with E-state index in [1.807, 2.05) is 84.9 Å². The predicted molar refractivity (Wildman–Crippen MR) is 348 cm³/mol. The smallest absolute Gasteiger partial charge is 0.454 e. The Bertz CT molecular complexity index is 3670. The lowest BCUT2D eigenvalue weighted by Gasteiger charge is -2.39. The Morgan fingerprint density at radius 2 is 0.690 bits per heavy atom. The summed E-state index contributed by atoms with van der Waals surface area (Å²) in [5, 5.41) is 17.2. The molecule has 8 aromatic carbocycles. The lowest BCUT2D eigenvalue weighted by Crippen LogP contribution is -2.34. The van der Waals surface area contributed by atoms with Gasteiger partial charge in [0.2, 0.25) is 0 Å². The number of halogens is 3. The molecule has 16 heteroatoms. The summed E-state index contributed by atoms with van der Waals surface area (Å²) in [6.07, 6.45) is 0. The van der Waals surface area contributed by atoms with Crippen LogP contribution in [-0.2, 0) is 20.7 Å². The van der Waals surface area contributed by atoms with Crippen molar-refractivity contribution in [1.82, 2.24) is 0 Å². The minimum absolute atomic E-state index is 0.326. The number of hydrogen-bond acceptors (Lipinski definition) is 12. The highest BCUT2D eigenvalue weighted by Crippen LogP contribution is 2.63. The normalized spacial score (nSPS) is 15.0. The summed E-state index contributed by atoms with van der Waals surface area (Å²) in [6, 6.07) is 51.0. The van der Waals surface area contributed by atoms with Gasteiger partial charge in [0.05, 0.1) is 41.6 Å². The molecular formula is C68H68BBr3N4O8. The van der Waals surface area contributed by atoms with E-state index in [1.54, 1.807) is 24.3 Å². The highest BCUT2D eigenvalue weighted by atomic mass is 79.9. The van der Waals surface area contributed by atoms with E-state index in [-0.39, 0.29) is 11.9 Å². The summed E-state index contributed by atoms with van der Waals surface area (Å²) in [7, 11) is -1.34. The largest absolute Gasteiger partial charge is 0.488 e. The summed E-state index contributed by atoms with van der Waals surface area (Å²) in [5.74, 6) is 2.08. The second-order valence-corrected chi connectivity index (χ2v) is 22.8. The molecule has 0 bridgehead atoms. The molecule has 0 fully saturated rings. The third-order valence-corrected chi connectivity index (χ3v) is 18.7. The third-order valence-electron chi connectivity index (χ3n) is 16.4. The van der Waals surface area contributed by atoms with E-state index in [2.05, 4.69) is 171 Å². The number of hydrogen-bond donors (Lipinski definition) is 2. The standard InChI is InChI=1S/C34H33BrN2O3.C28H28Br2N2O3.C6H7BO2/c1-5-36(6-2)27-20-18-25-31(29(27)22-14-10-9-11-15-22)39-32-26(19-21-28(30(32)35)37(7-3)8-4)34(25)24-17-13-12-16-23(24)33(38)40-34;1-5-31(6-2)21-15-13-19-25(23(21)29)34-26-20(14-16-22(24(26)30)32(7-3)8-4)28(19)18-12-10-9-11-17(18)27(33)35-28;8-7(9)6-4-2-1-3-5-6/h9-21H,5-8H2,1-4H3;9-16H,5-8H2,1-4H3;1-5,8-9H. The Morgan fingerprint density at radius 3 is 1.05 bits per heavy atom. The molecular weight excluding hydrogens is 1250 g/mol. The van der Waals surface area contributed by atoms with Gasteiger partial charge >= 0.3 is 19.1 Å². The molecule has 1 unspecified atom stereocenters. The van der Waals surface area contributed by atoms with Crippen molar-refractivity contribution in [1.29, 1.82) is 0 Å². The van der Waals surface area contributed by atoms with Gasteiger partial charge in [0.15, 0.2) is 28.5 Å². The topological polar surface area (TPSA) is 124 Å². The van der Waals surface area contributed by atoms with Crippen molar-refractivity contribution in [2.24, 2.45) is 0 Å². The van der Waals surface area contributed by atoms with Crippen LogP contribution in [-0.4, -0.2) is 81.5 Å². The zero-order valence-electron chi connectivity index (χ0n) is 48.5. The highest BCUT2D eigenvalue weighted by Gasteiger charge is 2.56. The monoisotopic (exact) mass is 1320 g/mol. The number of ether oxygens (including phenoxy) is 4. The van der Waals surface area contributed by atoms with Crippen molar-refractivity contribution < 1.29 is 38.6 Å². The highest BCUT2D eigenvalue weighted by molar-refractivity contribution is 9.11. The van der Waals surface area contributed by atoms with Crippen molar-refractivity contribution in [3.63, 3.8) is 0 Å². The van der Waals surface area contributed by atoms with Gasteiger partial charge in [0.1, 0.15) is 5.75 Å². The molecule has 0 radical (unpaired) electrons. The molecule has 432 valence electrons. The van der Waals surface area contributed by atoms with Crippen LogP contribution in [0.25, 0.3) is 11.1 Å². The third kappa shape index (κ3) is 10.1. The second-order valence-electron chi connectivity index (χ2n) is 20.4. The number of fused-ring (bicyclic) bond motifs is 12. The average molecular weight is 1320 g/mol. The zero-order valence-corrected chi connectivity index (χ0v) is 53.3. The Kier molecular flexibility index (Phi) is 18.1. The van der Waals surface area contributed by atoms with E-state index in [0.29, 0.717) is 39.6 Å². The van der Waals surface area contributed by atoms with Crippen LogP contribution in [0.1, 0.15) is 109 Å². The van der Waals surface area contributed by atoms with Gasteiger partial charge in [0, 0.05) is 97.0 Å². The molecule has 0 aliphatic carbocycles. The fraction of sp³-hybridized carbons (Fsp3) is 0.265. The predicted octanol–water partition coefficient (Wildman–Crippen LogP) is 15.2. The van der Waals surface area contributed by atoms with Crippen molar-refractivity contribution in [3.05, 3.63) is 216 Å². The summed E-state index contributed by atoms with van der Waals surface area (Å²) in [4.78, 5) is 35.8. The van der Waals surface area contributed by atoms with Crippen molar-refractivity contribution in [2.75, 3.05) is 72.0 Å². The van der Waals surface area contributed by atoms with E-state index in [1.165, 1.54) is 0 Å². The van der Waals surface area contributed by atoms with Crippen molar-refractivity contribution in [3.8, 4) is 34.1 Å². The molecule has 12 rings (SSSR count). The van der Waals surface area contributed by atoms with E-state index in [0.717, 1.165) is 133 Å². The van der Waals surface area contributed by atoms with Crippen LogP contribution in [0.3, 0.4) is 0 Å². The zero-order chi connectivity index (χ0) is 59.6. The Labute approximate surface area is 518 Å². The lowest BCUT2D eigenvalue weighted by molar-refractivity contribution is 0.0214. The fourth-order valence-corrected chi connectivity index (χ4v) is 14.2. The molecule has 4 aliphatic rings. The van der Waals surface area contributed by atoms with Crippen molar-refractivity contribution >= 4 is 95.1 Å². The first-order valence-electron chi connectivity index (χ1n) is 28.9. The van der Waals surface area contributed by atoms with E-state index < -0.39 is 18.3 Å². The fourth-order valence-electron chi connectivity index (χ4n) is 12.2. The van der Waals surface area contributed by atoms with Crippen LogP contribution in [0.2, 0.25) is 0 Å². The quantitative estimate of drug-likeness (QED) is 0.0796. The molecule has 84 heavy (non-hydrogen) atoms. The molecule has 4 heterocycles. The number of carbonyl (C=O) groups excluding carboxylic acids is 2. The SMILES string of the molecule is CCN(CC)c1ccc2c(c1Br)Oc1c(ccc(N(CC)CC)c1-c1ccccc1)C21OC(=O)c2ccccc21.CCN(CC)c1ccc2c(c1Br)Oc1c(ccc(N(CC)CC)c1Br)C21OC(=O)c2ccccc21.OB(O)c1ccccc1. The van der Waals surface area contributed by atoms with Crippen LogP contribution in [0, 0.1) is 0 Å². The minimum Gasteiger partial charge on any atom is -0.454 e. The van der Waals surface area contributed by atoms with Crippen molar-refractivity contribution in [2.45, 2.75) is 66.6 Å². The number of esters is 2. The van der Waals surface area contributed by atoms with Gasteiger partial charge in [-0.05, 0) is 175 Å². The van der Waals surface area contributed by atoms with Gasteiger partial charge in [-0.2, -0.15) is 0 Å². The van der Waals surface area contributed by atoms with Gasteiger partial charge in [0.25, 0.3) is 0 Å². The number of nitrogens with zero attached hydrogens (tertiary/aromatic N) is 4. The maximum absolute atomic E-state index is 13.4.